The van der Waals surface area contributed by atoms with Gasteiger partial charge in [-0.05, 0) is 61.2 Å². The number of nitrogens with zero attached hydrogens (tertiary/aromatic N) is 1. The van der Waals surface area contributed by atoms with Crippen LogP contribution < -0.4 is 10.1 Å². The van der Waals surface area contributed by atoms with Crippen LogP contribution in [0.3, 0.4) is 0 Å². The first-order valence-electron chi connectivity index (χ1n) is 12.9. The van der Waals surface area contributed by atoms with Gasteiger partial charge in [-0.15, -0.1) is 0 Å². The minimum atomic E-state index is -4.44. The highest BCUT2D eigenvalue weighted by Crippen LogP contribution is 2.30. The number of alkyl halides is 3. The first-order valence-corrected chi connectivity index (χ1v) is 12.9. The van der Waals surface area contributed by atoms with Crippen molar-refractivity contribution in [2.45, 2.75) is 57.7 Å². The van der Waals surface area contributed by atoms with E-state index in [0.29, 0.717) is 31.4 Å². The zero-order valence-electron chi connectivity index (χ0n) is 21.5. The highest BCUT2D eigenvalue weighted by Gasteiger charge is 2.30. The van der Waals surface area contributed by atoms with Crippen LogP contribution in [0.5, 0.6) is 5.75 Å². The van der Waals surface area contributed by atoms with Crippen LogP contribution in [0.15, 0.2) is 48.5 Å². The van der Waals surface area contributed by atoms with Crippen molar-refractivity contribution in [1.29, 1.82) is 0 Å². The van der Waals surface area contributed by atoms with Crippen LogP contribution in [0.25, 0.3) is 0 Å². The second-order valence-electron chi connectivity index (χ2n) is 9.41. The van der Waals surface area contributed by atoms with Crippen molar-refractivity contribution in [3.05, 3.63) is 59.7 Å². The number of anilines is 1. The molecule has 1 fully saturated rings. The van der Waals surface area contributed by atoms with Crippen molar-refractivity contribution in [3.8, 4) is 5.75 Å². The summed E-state index contributed by atoms with van der Waals surface area (Å²) in [7, 11) is 0. The van der Waals surface area contributed by atoms with Gasteiger partial charge in [-0.3, -0.25) is 0 Å². The van der Waals surface area contributed by atoms with Gasteiger partial charge in [0.25, 0.3) is 0 Å². The fraction of sp³-hybridized carbons (Fsp3) is 0.500. The largest absolute Gasteiger partial charge is 0.492 e. The standard InChI is InChI=1S/C28H35F3N2O5/c1-2-37-25(26(34)35)19-21-7-13-24(14-8-21)38-18-17-33(16-15-20-5-3-4-6-20)27(36)32-23-11-9-22(10-12-23)28(29,30)31/h7-14,20,25H,2-6,15-19H2,1H3,(H,32,36)(H,34,35). The van der Waals surface area contributed by atoms with Crippen molar-refractivity contribution in [2.75, 3.05) is 31.6 Å². The van der Waals surface area contributed by atoms with Crippen LogP contribution in [-0.4, -0.2) is 54.4 Å². The maximum Gasteiger partial charge on any atom is 0.416 e. The molecular weight excluding hydrogens is 501 g/mol. The Morgan fingerprint density at radius 1 is 1.05 bits per heavy atom. The van der Waals surface area contributed by atoms with E-state index in [-0.39, 0.29) is 18.7 Å². The third kappa shape index (κ3) is 9.24. The summed E-state index contributed by atoms with van der Waals surface area (Å²) in [4.78, 5) is 25.9. The third-order valence-electron chi connectivity index (χ3n) is 6.65. The number of carbonyl (C=O) groups excluding carboxylic acids is 1. The molecule has 2 aromatic rings. The molecule has 0 spiro atoms. The number of carboxylic acids is 1. The van der Waals surface area contributed by atoms with Gasteiger partial charge < -0.3 is 24.8 Å². The van der Waals surface area contributed by atoms with E-state index < -0.39 is 29.8 Å². The molecule has 1 aliphatic carbocycles. The van der Waals surface area contributed by atoms with E-state index in [1.807, 2.05) is 0 Å². The van der Waals surface area contributed by atoms with Crippen molar-refractivity contribution in [3.63, 3.8) is 0 Å². The fourth-order valence-electron chi connectivity index (χ4n) is 4.53. The molecule has 1 aliphatic rings. The van der Waals surface area contributed by atoms with Crippen molar-refractivity contribution in [1.82, 2.24) is 4.90 Å². The van der Waals surface area contributed by atoms with Gasteiger partial charge >= 0.3 is 18.2 Å². The number of hydrogen-bond acceptors (Lipinski definition) is 4. The van der Waals surface area contributed by atoms with Crippen molar-refractivity contribution in [2.24, 2.45) is 5.92 Å². The van der Waals surface area contributed by atoms with Gasteiger partial charge in [0.05, 0.1) is 12.1 Å². The molecule has 0 heterocycles. The molecule has 7 nitrogen and oxygen atoms in total. The minimum Gasteiger partial charge on any atom is -0.492 e. The van der Waals surface area contributed by atoms with Gasteiger partial charge in [0.15, 0.2) is 6.10 Å². The number of aliphatic carboxylic acids is 1. The monoisotopic (exact) mass is 536 g/mol. The zero-order chi connectivity index (χ0) is 27.5. The number of carboxylic acid groups (broad SMARTS) is 1. The average Bonchev–Trinajstić information content (AvgIpc) is 3.40. The average molecular weight is 537 g/mol. The highest BCUT2D eigenvalue weighted by molar-refractivity contribution is 5.89. The Hall–Kier alpha value is -3.27. The Balaban J connectivity index is 1.56. The normalized spacial score (nSPS) is 14.7. The summed E-state index contributed by atoms with van der Waals surface area (Å²) in [5, 5.41) is 11.9. The summed E-state index contributed by atoms with van der Waals surface area (Å²) < 4.78 is 49.6. The van der Waals surface area contributed by atoms with Crippen LogP contribution in [-0.2, 0) is 22.1 Å². The summed E-state index contributed by atoms with van der Waals surface area (Å²) in [5.41, 5.74) is 0.314. The Morgan fingerprint density at radius 3 is 2.29 bits per heavy atom. The van der Waals surface area contributed by atoms with Gasteiger partial charge in [-0.2, -0.15) is 13.2 Å². The summed E-state index contributed by atoms with van der Waals surface area (Å²) in [6.45, 7) is 3.09. The van der Waals surface area contributed by atoms with E-state index in [1.54, 1.807) is 36.1 Å². The molecule has 0 saturated heterocycles. The molecule has 10 heteroatoms. The van der Waals surface area contributed by atoms with Crippen LogP contribution in [0.4, 0.5) is 23.7 Å². The van der Waals surface area contributed by atoms with Crippen molar-refractivity contribution >= 4 is 17.7 Å². The number of urea groups is 1. The summed E-state index contributed by atoms with van der Waals surface area (Å²) in [5.74, 6) is 0.131. The lowest BCUT2D eigenvalue weighted by Gasteiger charge is -2.25. The summed E-state index contributed by atoms with van der Waals surface area (Å²) in [6.07, 6.45) is 0.420. The van der Waals surface area contributed by atoms with Crippen LogP contribution in [0.1, 0.15) is 50.2 Å². The first kappa shape index (κ1) is 29.3. The van der Waals surface area contributed by atoms with E-state index in [4.69, 9.17) is 9.47 Å². The van der Waals surface area contributed by atoms with E-state index in [1.165, 1.54) is 25.0 Å². The molecule has 208 valence electrons. The molecule has 1 saturated carbocycles. The van der Waals surface area contributed by atoms with Crippen LogP contribution >= 0.6 is 0 Å². The van der Waals surface area contributed by atoms with Crippen LogP contribution in [0, 0.1) is 5.92 Å². The quantitative estimate of drug-likeness (QED) is 0.317. The molecule has 38 heavy (non-hydrogen) atoms. The number of hydrogen-bond donors (Lipinski definition) is 2. The summed E-state index contributed by atoms with van der Waals surface area (Å²) >= 11 is 0. The molecule has 0 aromatic heterocycles. The zero-order valence-corrected chi connectivity index (χ0v) is 21.5. The maximum atomic E-state index is 13.0. The summed E-state index contributed by atoms with van der Waals surface area (Å²) in [6, 6.07) is 11.0. The van der Waals surface area contributed by atoms with E-state index in [0.717, 1.165) is 37.0 Å². The SMILES string of the molecule is CCOC(Cc1ccc(OCCN(CCC2CCCC2)C(=O)Nc2ccc(C(F)(F)F)cc2)cc1)C(=O)O. The van der Waals surface area contributed by atoms with E-state index in [2.05, 4.69) is 5.32 Å². The molecule has 0 radical (unpaired) electrons. The lowest BCUT2D eigenvalue weighted by molar-refractivity contribution is -0.150. The molecule has 0 bridgehead atoms. The molecule has 3 rings (SSSR count). The van der Waals surface area contributed by atoms with Gasteiger partial charge in [0.2, 0.25) is 0 Å². The lowest BCUT2D eigenvalue weighted by atomic mass is 10.0. The number of benzene rings is 2. The third-order valence-corrected chi connectivity index (χ3v) is 6.65. The van der Waals surface area contributed by atoms with E-state index >= 15 is 0 Å². The molecule has 1 unspecified atom stereocenters. The second kappa shape index (κ2) is 14.0. The Kier molecular flexibility index (Phi) is 10.8. The number of rotatable bonds is 13. The van der Waals surface area contributed by atoms with Gasteiger partial charge in [0, 0.05) is 25.3 Å². The fourth-order valence-corrected chi connectivity index (χ4v) is 4.53. The Bertz CT molecular complexity index is 1020. The molecular formula is C28H35F3N2O5. The second-order valence-corrected chi connectivity index (χ2v) is 9.41. The highest BCUT2D eigenvalue weighted by atomic mass is 19.4. The molecule has 2 amide bonds. The van der Waals surface area contributed by atoms with Gasteiger partial charge in [-0.1, -0.05) is 37.8 Å². The van der Waals surface area contributed by atoms with Gasteiger partial charge in [0.1, 0.15) is 12.4 Å². The molecule has 1 atom stereocenters. The minimum absolute atomic E-state index is 0.223. The Morgan fingerprint density at radius 2 is 1.71 bits per heavy atom. The van der Waals surface area contributed by atoms with E-state index in [9.17, 15) is 27.9 Å². The Labute approximate surface area is 220 Å². The predicted octanol–water partition coefficient (Wildman–Crippen LogP) is 6.23. The first-order chi connectivity index (χ1) is 18.2. The topological polar surface area (TPSA) is 88.1 Å². The van der Waals surface area contributed by atoms with Gasteiger partial charge in [-0.25, -0.2) is 9.59 Å². The van der Waals surface area contributed by atoms with Crippen molar-refractivity contribution < 1.29 is 37.3 Å². The maximum absolute atomic E-state index is 13.0. The number of carbonyl (C=O) groups is 2. The lowest BCUT2D eigenvalue weighted by Crippen LogP contribution is -2.39. The number of nitrogens with one attached hydrogen (secondary N) is 1. The number of ether oxygens (including phenoxy) is 2. The predicted molar refractivity (Wildman–Crippen MR) is 137 cm³/mol. The number of halogens is 3. The molecule has 0 aliphatic heterocycles. The number of amides is 2. The smallest absolute Gasteiger partial charge is 0.416 e. The molecule has 2 aromatic carbocycles. The molecule has 2 N–H and O–H groups in total. The van der Waals surface area contributed by atoms with Crippen LogP contribution in [0.2, 0.25) is 0 Å².